The molecule has 1 fully saturated rings. The number of aryl methyl sites for hydroxylation is 1. The van der Waals surface area contributed by atoms with Crippen LogP contribution in [0.2, 0.25) is 0 Å². The largest absolute Gasteiger partial charge is 0.351 e. The number of aromatic amines is 2. The number of nitrogens with one attached hydrogen (secondary N) is 2. The minimum absolute atomic E-state index is 0.0862. The lowest BCUT2D eigenvalue weighted by Gasteiger charge is -2.32. The zero-order chi connectivity index (χ0) is 15.8. The van der Waals surface area contributed by atoms with Gasteiger partial charge in [-0.1, -0.05) is 18.2 Å². The van der Waals surface area contributed by atoms with E-state index < -0.39 is 0 Å². The van der Waals surface area contributed by atoms with E-state index in [-0.39, 0.29) is 5.91 Å². The maximum Gasteiger partial charge on any atom is 0.270 e. The number of carbonyl (C=O) groups excluding carboxylic acids is 1. The van der Waals surface area contributed by atoms with Gasteiger partial charge < -0.3 is 9.88 Å². The number of hydrogen-bond donors (Lipinski definition) is 2. The number of amides is 1. The van der Waals surface area contributed by atoms with E-state index in [2.05, 4.69) is 22.1 Å². The van der Waals surface area contributed by atoms with Crippen molar-refractivity contribution in [2.75, 3.05) is 13.1 Å². The number of aromatic nitrogens is 3. The van der Waals surface area contributed by atoms with Gasteiger partial charge in [-0.3, -0.25) is 9.89 Å². The van der Waals surface area contributed by atoms with Crippen molar-refractivity contribution in [2.45, 2.75) is 25.7 Å². The van der Waals surface area contributed by atoms with Crippen LogP contribution in [0.4, 0.5) is 0 Å². The van der Waals surface area contributed by atoms with Crippen molar-refractivity contribution in [3.8, 4) is 0 Å². The average Bonchev–Trinajstić information content (AvgIpc) is 3.20. The third kappa shape index (κ3) is 2.52. The van der Waals surface area contributed by atoms with Crippen molar-refractivity contribution in [1.29, 1.82) is 0 Å². The molecule has 118 valence electrons. The van der Waals surface area contributed by atoms with Gasteiger partial charge in [-0.05, 0) is 37.5 Å². The van der Waals surface area contributed by atoms with Gasteiger partial charge in [0.25, 0.3) is 5.91 Å². The molecule has 0 aliphatic carbocycles. The quantitative estimate of drug-likeness (QED) is 0.763. The fourth-order valence-corrected chi connectivity index (χ4v) is 3.53. The summed E-state index contributed by atoms with van der Waals surface area (Å²) >= 11 is 0. The maximum absolute atomic E-state index is 12.8. The Morgan fingerprint density at radius 3 is 3.00 bits per heavy atom. The number of piperidine rings is 1. The molecule has 0 bridgehead atoms. The molecule has 0 unspecified atom stereocenters. The molecule has 3 aromatic rings. The molecule has 2 N–H and O–H groups in total. The van der Waals surface area contributed by atoms with Crippen molar-refractivity contribution in [2.24, 2.45) is 0 Å². The smallest absolute Gasteiger partial charge is 0.270 e. The lowest BCUT2D eigenvalue weighted by Crippen LogP contribution is -2.39. The number of H-pyrrole nitrogens is 2. The number of rotatable bonds is 2. The number of hydrogen-bond acceptors (Lipinski definition) is 2. The van der Waals surface area contributed by atoms with Gasteiger partial charge in [-0.2, -0.15) is 5.10 Å². The van der Waals surface area contributed by atoms with Gasteiger partial charge in [0.2, 0.25) is 0 Å². The predicted molar refractivity (Wildman–Crippen MR) is 89.5 cm³/mol. The third-order valence-corrected chi connectivity index (χ3v) is 4.75. The third-order valence-electron chi connectivity index (χ3n) is 4.75. The van der Waals surface area contributed by atoms with E-state index in [1.54, 1.807) is 0 Å². The first-order chi connectivity index (χ1) is 11.2. The minimum atomic E-state index is 0.0862. The molecule has 1 saturated heterocycles. The molecule has 1 amide bonds. The summed E-state index contributed by atoms with van der Waals surface area (Å²) in [5.41, 5.74) is 4.02. The second kappa shape index (κ2) is 5.57. The van der Waals surface area contributed by atoms with Crippen molar-refractivity contribution < 1.29 is 4.79 Å². The van der Waals surface area contributed by atoms with E-state index in [1.165, 1.54) is 11.3 Å². The Hall–Kier alpha value is -2.56. The minimum Gasteiger partial charge on any atom is -0.351 e. The van der Waals surface area contributed by atoms with Gasteiger partial charge >= 0.3 is 0 Å². The summed E-state index contributed by atoms with van der Waals surface area (Å²) in [6, 6.07) is 9.94. The fraction of sp³-hybridized carbons (Fsp3) is 0.333. The number of para-hydroxylation sites is 1. The zero-order valence-electron chi connectivity index (χ0n) is 13.2. The van der Waals surface area contributed by atoms with E-state index >= 15 is 0 Å². The molecule has 0 saturated carbocycles. The topological polar surface area (TPSA) is 64.8 Å². The molecule has 1 aliphatic heterocycles. The summed E-state index contributed by atoms with van der Waals surface area (Å²) in [4.78, 5) is 18.0. The van der Waals surface area contributed by atoms with Crippen LogP contribution in [0.15, 0.2) is 36.5 Å². The number of nitrogens with zero attached hydrogens (tertiary/aromatic N) is 2. The summed E-state index contributed by atoms with van der Waals surface area (Å²) in [5, 5.41) is 8.30. The van der Waals surface area contributed by atoms with Crippen LogP contribution in [0.3, 0.4) is 0 Å². The van der Waals surface area contributed by atoms with Crippen LogP contribution >= 0.6 is 0 Å². The van der Waals surface area contributed by atoms with Crippen LogP contribution < -0.4 is 0 Å². The lowest BCUT2D eigenvalue weighted by molar-refractivity contribution is 0.0700. The molecule has 4 rings (SSSR count). The Kier molecular flexibility index (Phi) is 3.41. The molecule has 5 nitrogen and oxygen atoms in total. The van der Waals surface area contributed by atoms with Crippen molar-refractivity contribution >= 4 is 16.8 Å². The molecule has 2 aromatic heterocycles. The molecule has 1 aliphatic rings. The number of fused-ring (bicyclic) bond motifs is 1. The highest BCUT2D eigenvalue weighted by atomic mass is 16.2. The number of carbonyl (C=O) groups is 1. The molecular weight excluding hydrogens is 288 g/mol. The van der Waals surface area contributed by atoms with Crippen molar-refractivity contribution in [1.82, 2.24) is 20.1 Å². The van der Waals surface area contributed by atoms with Crippen LogP contribution in [0.25, 0.3) is 10.9 Å². The molecule has 1 aromatic carbocycles. The Balaban J connectivity index is 1.57. The summed E-state index contributed by atoms with van der Waals surface area (Å²) in [7, 11) is 0. The Bertz CT molecular complexity index is 814. The van der Waals surface area contributed by atoms with Gasteiger partial charge in [0, 0.05) is 35.6 Å². The summed E-state index contributed by atoms with van der Waals surface area (Å²) in [6.07, 6.45) is 3.97. The highest BCUT2D eigenvalue weighted by Crippen LogP contribution is 2.28. The SMILES string of the molecule is Cc1cn[nH]c1[C@H]1CCCN(C(=O)c2cc3ccccc3[nH]2)C1. The molecule has 1 atom stereocenters. The number of benzene rings is 1. The van der Waals surface area contributed by atoms with Gasteiger partial charge in [-0.15, -0.1) is 0 Å². The first-order valence-corrected chi connectivity index (χ1v) is 8.09. The molecule has 0 spiro atoms. The Morgan fingerprint density at radius 1 is 1.35 bits per heavy atom. The summed E-state index contributed by atoms with van der Waals surface area (Å²) in [6.45, 7) is 3.63. The zero-order valence-corrected chi connectivity index (χ0v) is 13.2. The normalized spacial score (nSPS) is 18.5. The number of likely N-dealkylation sites (tertiary alicyclic amines) is 1. The van der Waals surface area contributed by atoms with E-state index in [4.69, 9.17) is 0 Å². The van der Waals surface area contributed by atoms with Crippen molar-refractivity contribution in [3.05, 3.63) is 53.5 Å². The van der Waals surface area contributed by atoms with Crippen molar-refractivity contribution in [3.63, 3.8) is 0 Å². The van der Waals surface area contributed by atoms with Crippen LogP contribution in [0.5, 0.6) is 0 Å². The summed E-state index contributed by atoms with van der Waals surface area (Å²) in [5.74, 6) is 0.433. The van der Waals surface area contributed by atoms with Crippen LogP contribution in [-0.4, -0.2) is 39.1 Å². The molecule has 0 radical (unpaired) electrons. The van der Waals surface area contributed by atoms with Crippen LogP contribution in [0, 0.1) is 6.92 Å². The molecular formula is C18H20N4O. The van der Waals surface area contributed by atoms with E-state index in [9.17, 15) is 4.79 Å². The lowest BCUT2D eigenvalue weighted by atomic mass is 9.93. The van der Waals surface area contributed by atoms with E-state index in [0.717, 1.165) is 36.8 Å². The second-order valence-electron chi connectivity index (χ2n) is 6.33. The first kappa shape index (κ1) is 14.1. The second-order valence-corrected chi connectivity index (χ2v) is 6.33. The first-order valence-electron chi connectivity index (χ1n) is 8.09. The predicted octanol–water partition coefficient (Wildman–Crippen LogP) is 3.22. The van der Waals surface area contributed by atoms with E-state index in [1.807, 2.05) is 41.4 Å². The van der Waals surface area contributed by atoms with Gasteiger partial charge in [0.1, 0.15) is 5.69 Å². The monoisotopic (exact) mass is 308 g/mol. The maximum atomic E-state index is 12.8. The molecule has 3 heterocycles. The molecule has 5 heteroatoms. The van der Waals surface area contributed by atoms with Crippen LogP contribution in [-0.2, 0) is 0 Å². The Labute approximate surface area is 134 Å². The summed E-state index contributed by atoms with van der Waals surface area (Å²) < 4.78 is 0. The van der Waals surface area contributed by atoms with E-state index in [0.29, 0.717) is 11.6 Å². The standard InChI is InChI=1S/C18H20N4O/c1-12-10-19-21-17(12)14-6-4-8-22(11-14)18(23)16-9-13-5-2-3-7-15(13)20-16/h2-3,5,7,9-10,14,20H,4,6,8,11H2,1H3,(H,19,21)/t14-/m0/s1. The Morgan fingerprint density at radius 2 is 2.22 bits per heavy atom. The van der Waals surface area contributed by atoms with Gasteiger partial charge in [-0.25, -0.2) is 0 Å². The fourth-order valence-electron chi connectivity index (χ4n) is 3.53. The average molecular weight is 308 g/mol. The molecule has 23 heavy (non-hydrogen) atoms. The van der Waals surface area contributed by atoms with Crippen LogP contribution in [0.1, 0.15) is 40.5 Å². The van der Waals surface area contributed by atoms with Gasteiger partial charge in [0.15, 0.2) is 0 Å². The van der Waals surface area contributed by atoms with Gasteiger partial charge in [0.05, 0.1) is 6.20 Å². The highest BCUT2D eigenvalue weighted by molar-refractivity contribution is 5.98. The highest BCUT2D eigenvalue weighted by Gasteiger charge is 2.27.